The third-order valence-corrected chi connectivity index (χ3v) is 6.32. The van der Waals surface area contributed by atoms with Gasteiger partial charge in [-0.25, -0.2) is 9.78 Å². The van der Waals surface area contributed by atoms with Crippen LogP contribution in [0.2, 0.25) is 10.0 Å². The van der Waals surface area contributed by atoms with Crippen LogP contribution in [0.3, 0.4) is 0 Å². The Morgan fingerprint density at radius 3 is 2.36 bits per heavy atom. The number of halogens is 4. The number of aldehydes is 1. The van der Waals surface area contributed by atoms with Gasteiger partial charge < -0.3 is 14.2 Å². The first kappa shape index (κ1) is 25.9. The van der Waals surface area contributed by atoms with Gasteiger partial charge in [0.25, 0.3) is 0 Å². The van der Waals surface area contributed by atoms with Crippen LogP contribution in [0.25, 0.3) is 0 Å². The summed E-state index contributed by atoms with van der Waals surface area (Å²) in [5, 5.41) is 0.670. The molecule has 1 aliphatic rings. The van der Waals surface area contributed by atoms with Gasteiger partial charge in [-0.2, -0.15) is 8.78 Å². The second-order valence-corrected chi connectivity index (χ2v) is 9.12. The monoisotopic (exact) mass is 536 g/mol. The third-order valence-electron chi connectivity index (χ3n) is 5.65. The summed E-state index contributed by atoms with van der Waals surface area (Å²) >= 11 is 12.7. The van der Waals surface area contributed by atoms with Crippen molar-refractivity contribution < 1.29 is 37.6 Å². The molecule has 1 aromatic heterocycles. The highest BCUT2D eigenvalue weighted by atomic mass is 35.5. The van der Waals surface area contributed by atoms with E-state index < -0.39 is 18.7 Å². The van der Waals surface area contributed by atoms with Gasteiger partial charge in [0, 0.05) is 17.5 Å². The van der Waals surface area contributed by atoms with Crippen LogP contribution < -0.4 is 14.5 Å². The molecular weight excluding hydrogens is 515 g/mol. The number of H-pyrrole nitrogens is 1. The molecule has 6 nitrogen and oxygen atoms in total. The van der Waals surface area contributed by atoms with Crippen LogP contribution in [0.1, 0.15) is 50.8 Å². The van der Waals surface area contributed by atoms with Crippen LogP contribution in [-0.2, 0) is 11.2 Å². The normalized spacial score (nSPS) is 13.8. The number of benzene rings is 2. The molecule has 0 spiro atoms. The molecule has 0 saturated heterocycles. The second kappa shape index (κ2) is 11.7. The van der Waals surface area contributed by atoms with E-state index in [1.54, 1.807) is 12.4 Å². The summed E-state index contributed by atoms with van der Waals surface area (Å²) < 4.78 is 42.1. The Morgan fingerprint density at radius 1 is 1.06 bits per heavy atom. The first-order valence-corrected chi connectivity index (χ1v) is 11.9. The molecule has 0 bridgehead atoms. The third kappa shape index (κ3) is 6.71. The number of alkyl halides is 2. The fourth-order valence-electron chi connectivity index (χ4n) is 3.50. The number of carbonyl (C=O) groups is 2. The number of rotatable bonds is 11. The maximum Gasteiger partial charge on any atom is 0.387 e. The lowest BCUT2D eigenvalue weighted by molar-refractivity contribution is -0.377. The Morgan fingerprint density at radius 2 is 1.75 bits per heavy atom. The van der Waals surface area contributed by atoms with Crippen LogP contribution >= 0.6 is 23.2 Å². The van der Waals surface area contributed by atoms with Crippen molar-refractivity contribution in [1.82, 2.24) is 0 Å². The molecule has 36 heavy (non-hydrogen) atoms. The van der Waals surface area contributed by atoms with E-state index >= 15 is 0 Å². The van der Waals surface area contributed by atoms with Gasteiger partial charge in [-0.15, -0.1) is 0 Å². The summed E-state index contributed by atoms with van der Waals surface area (Å²) in [4.78, 5) is 26.7. The van der Waals surface area contributed by atoms with Gasteiger partial charge in [0.05, 0.1) is 12.2 Å². The summed E-state index contributed by atoms with van der Waals surface area (Å²) in [6.07, 6.45) is 4.98. The molecule has 0 aliphatic heterocycles. The summed E-state index contributed by atoms with van der Waals surface area (Å²) in [6.45, 7) is -2.66. The highest BCUT2D eigenvalue weighted by Gasteiger charge is 2.26. The van der Waals surface area contributed by atoms with Crippen molar-refractivity contribution in [3.05, 3.63) is 87.2 Å². The van der Waals surface area contributed by atoms with E-state index in [0.717, 1.165) is 12.8 Å². The van der Waals surface area contributed by atoms with Crippen LogP contribution in [-0.4, -0.2) is 25.5 Å². The number of hydrogen-bond donors (Lipinski definition) is 0. The smallest absolute Gasteiger partial charge is 0.387 e. The number of aromatic amines is 1. The SMILES string of the molecule is O=Cc1ccc(C(=O)O[C@@H](Cc2c(Cl)c[nH+]cc2Cl)c2ccc(OC(F)F)c(OCC3CC3)c2)cc1. The van der Waals surface area contributed by atoms with Crippen LogP contribution in [0.4, 0.5) is 8.78 Å². The molecular formula is C26H22Cl2F2NO5+. The zero-order valence-electron chi connectivity index (χ0n) is 18.9. The predicted octanol–water partition coefficient (Wildman–Crippen LogP) is 6.15. The Hall–Kier alpha value is -3.23. The van der Waals surface area contributed by atoms with Gasteiger partial charge in [0.2, 0.25) is 0 Å². The van der Waals surface area contributed by atoms with Crippen molar-refractivity contribution in [1.29, 1.82) is 0 Å². The van der Waals surface area contributed by atoms with Gasteiger partial charge in [-0.3, -0.25) is 4.79 Å². The lowest BCUT2D eigenvalue weighted by Crippen LogP contribution is -2.16. The first-order valence-electron chi connectivity index (χ1n) is 11.2. The van der Waals surface area contributed by atoms with Gasteiger partial charge in [0.1, 0.15) is 22.4 Å². The van der Waals surface area contributed by atoms with Crippen molar-refractivity contribution in [2.75, 3.05) is 6.61 Å². The van der Waals surface area contributed by atoms with Gasteiger partial charge in [-0.05, 0) is 48.6 Å². The van der Waals surface area contributed by atoms with Crippen molar-refractivity contribution in [3.63, 3.8) is 0 Å². The molecule has 1 atom stereocenters. The molecule has 1 fully saturated rings. The molecule has 0 radical (unpaired) electrons. The fraction of sp³-hybridized carbons (Fsp3) is 0.269. The van der Waals surface area contributed by atoms with E-state index in [0.29, 0.717) is 45.5 Å². The summed E-state index contributed by atoms with van der Waals surface area (Å²) in [5.41, 5.74) is 1.64. The van der Waals surface area contributed by atoms with Crippen molar-refractivity contribution in [2.45, 2.75) is 32.0 Å². The number of carbonyl (C=O) groups excluding carboxylic acids is 2. The molecule has 10 heteroatoms. The highest BCUT2D eigenvalue weighted by molar-refractivity contribution is 6.35. The molecule has 0 amide bonds. The molecule has 1 aliphatic carbocycles. The number of nitrogens with one attached hydrogen (secondary N) is 1. The maximum atomic E-state index is 13.0. The van der Waals surface area contributed by atoms with E-state index in [2.05, 4.69) is 9.72 Å². The van der Waals surface area contributed by atoms with E-state index in [-0.39, 0.29) is 23.5 Å². The zero-order chi connectivity index (χ0) is 25.7. The van der Waals surface area contributed by atoms with Crippen LogP contribution in [0.5, 0.6) is 11.5 Å². The maximum absolute atomic E-state index is 13.0. The van der Waals surface area contributed by atoms with E-state index in [1.807, 2.05) is 0 Å². The molecule has 1 heterocycles. The highest BCUT2D eigenvalue weighted by Crippen LogP contribution is 2.38. The summed E-state index contributed by atoms with van der Waals surface area (Å²) in [5.74, 6) is -0.279. The van der Waals surface area contributed by atoms with Crippen molar-refractivity contribution >= 4 is 35.5 Å². The van der Waals surface area contributed by atoms with Crippen molar-refractivity contribution in [3.8, 4) is 11.5 Å². The Balaban J connectivity index is 1.67. The molecule has 188 valence electrons. The number of aromatic nitrogens is 1. The quantitative estimate of drug-likeness (QED) is 0.217. The van der Waals surface area contributed by atoms with Crippen LogP contribution in [0.15, 0.2) is 54.9 Å². The summed E-state index contributed by atoms with van der Waals surface area (Å²) in [7, 11) is 0. The lowest BCUT2D eigenvalue weighted by atomic mass is 10.0. The Bertz CT molecular complexity index is 1220. The average molecular weight is 537 g/mol. The summed E-state index contributed by atoms with van der Waals surface area (Å²) in [6, 6.07) is 10.3. The lowest BCUT2D eigenvalue weighted by Gasteiger charge is -2.21. The molecule has 0 unspecified atom stereocenters. The van der Waals surface area contributed by atoms with E-state index in [4.69, 9.17) is 32.7 Å². The largest absolute Gasteiger partial charge is 0.489 e. The minimum absolute atomic E-state index is 0.0988. The van der Waals surface area contributed by atoms with E-state index in [1.165, 1.54) is 42.5 Å². The number of esters is 1. The number of hydrogen-bond acceptors (Lipinski definition) is 5. The Labute approximate surface area is 216 Å². The van der Waals surface area contributed by atoms with Gasteiger partial charge >= 0.3 is 12.6 Å². The number of ether oxygens (including phenoxy) is 3. The molecule has 1 saturated carbocycles. The topological polar surface area (TPSA) is 76.0 Å². The minimum atomic E-state index is -3.03. The fourth-order valence-corrected chi connectivity index (χ4v) is 4.03. The standard InChI is InChI=1S/C26H21Cl2F2NO5/c27-20-11-31-12-21(28)19(20)10-23(35-25(33)17-5-3-15(13-32)4-6-17)18-7-8-22(36-26(29)30)24(9-18)34-14-16-1-2-16/h3-9,11-13,16,23,26H,1-2,10,14H2/p+1/t23-/m0/s1. The molecule has 4 rings (SSSR count). The minimum Gasteiger partial charge on any atom is -0.489 e. The first-order chi connectivity index (χ1) is 17.3. The molecule has 2 aromatic carbocycles. The number of pyridine rings is 1. The molecule has 3 aromatic rings. The van der Waals surface area contributed by atoms with E-state index in [9.17, 15) is 18.4 Å². The average Bonchev–Trinajstić information content (AvgIpc) is 3.69. The van der Waals surface area contributed by atoms with Gasteiger partial charge in [-0.1, -0.05) is 41.4 Å². The van der Waals surface area contributed by atoms with Crippen molar-refractivity contribution in [2.24, 2.45) is 5.92 Å². The predicted molar refractivity (Wildman–Crippen MR) is 128 cm³/mol. The zero-order valence-corrected chi connectivity index (χ0v) is 20.4. The van der Waals surface area contributed by atoms with Crippen LogP contribution in [0, 0.1) is 5.92 Å². The van der Waals surface area contributed by atoms with Gasteiger partial charge in [0.15, 0.2) is 23.9 Å². The Kier molecular flexibility index (Phi) is 8.38. The second-order valence-electron chi connectivity index (χ2n) is 8.31. The molecule has 1 N–H and O–H groups in total.